The van der Waals surface area contributed by atoms with E-state index in [1.54, 1.807) is 4.68 Å². The summed E-state index contributed by atoms with van der Waals surface area (Å²) in [5.74, 6) is 0.00936. The Labute approximate surface area is 111 Å². The number of amides is 1. The summed E-state index contributed by atoms with van der Waals surface area (Å²) in [4.78, 5) is 11.8. The fraction of sp³-hybridized carbons (Fsp3) is 0.357. The van der Waals surface area contributed by atoms with E-state index < -0.39 is 0 Å². The molecule has 0 spiro atoms. The van der Waals surface area contributed by atoms with Gasteiger partial charge in [-0.1, -0.05) is 35.5 Å². The molecule has 98 valence electrons. The maximum Gasteiger partial charge on any atom is 0.242 e. The summed E-state index contributed by atoms with van der Waals surface area (Å²) in [6.07, 6.45) is 2.19. The molecule has 1 N–H and O–H groups in total. The normalized spacial score (nSPS) is 14.4. The zero-order chi connectivity index (χ0) is 13.2. The molecular weight excluding hydrogens is 240 g/mol. The molecule has 1 saturated carbocycles. The number of carbonyl (C=O) groups is 1. The fourth-order valence-corrected chi connectivity index (χ4v) is 2.01. The van der Waals surface area contributed by atoms with Gasteiger partial charge in [-0.25, -0.2) is 4.68 Å². The van der Waals surface area contributed by atoms with E-state index in [0.717, 1.165) is 29.8 Å². The summed E-state index contributed by atoms with van der Waals surface area (Å²) in [5, 5.41) is 11.2. The summed E-state index contributed by atoms with van der Waals surface area (Å²) in [7, 11) is 0. The molecule has 1 aliphatic rings. The Bertz CT molecular complexity index is 587. The maximum atomic E-state index is 11.8. The number of nitrogens with zero attached hydrogens (tertiary/aromatic N) is 3. The van der Waals surface area contributed by atoms with E-state index in [1.165, 1.54) is 0 Å². The van der Waals surface area contributed by atoms with E-state index in [-0.39, 0.29) is 12.5 Å². The first kappa shape index (κ1) is 11.9. The van der Waals surface area contributed by atoms with Crippen molar-refractivity contribution >= 4 is 5.91 Å². The van der Waals surface area contributed by atoms with E-state index >= 15 is 0 Å². The predicted molar refractivity (Wildman–Crippen MR) is 71.4 cm³/mol. The van der Waals surface area contributed by atoms with Gasteiger partial charge in [0, 0.05) is 11.6 Å². The van der Waals surface area contributed by atoms with Crippen LogP contribution in [0.5, 0.6) is 0 Å². The van der Waals surface area contributed by atoms with Gasteiger partial charge in [0.05, 0.1) is 5.69 Å². The highest BCUT2D eigenvalue weighted by atomic mass is 16.2. The molecular formula is C14H16N4O. The summed E-state index contributed by atoms with van der Waals surface area (Å²) >= 11 is 0. The third-order valence-corrected chi connectivity index (χ3v) is 3.27. The zero-order valence-corrected chi connectivity index (χ0v) is 10.8. The predicted octanol–water partition coefficient (Wildman–Crippen LogP) is 1.53. The zero-order valence-electron chi connectivity index (χ0n) is 10.8. The van der Waals surface area contributed by atoms with Gasteiger partial charge in [-0.2, -0.15) is 0 Å². The van der Waals surface area contributed by atoms with Crippen LogP contribution in [0.3, 0.4) is 0 Å². The van der Waals surface area contributed by atoms with Gasteiger partial charge in [-0.15, -0.1) is 5.10 Å². The molecule has 1 amide bonds. The average Bonchev–Trinajstić information content (AvgIpc) is 3.15. The molecule has 1 aliphatic carbocycles. The van der Waals surface area contributed by atoms with Gasteiger partial charge < -0.3 is 5.32 Å². The molecule has 5 nitrogen and oxygen atoms in total. The minimum absolute atomic E-state index is 0.00936. The third-order valence-electron chi connectivity index (χ3n) is 3.27. The average molecular weight is 256 g/mol. The van der Waals surface area contributed by atoms with Crippen LogP contribution in [0.15, 0.2) is 30.3 Å². The van der Waals surface area contributed by atoms with Crippen LogP contribution in [0, 0.1) is 6.92 Å². The van der Waals surface area contributed by atoms with Crippen LogP contribution in [0.4, 0.5) is 0 Å². The Hall–Kier alpha value is -2.17. The van der Waals surface area contributed by atoms with Gasteiger partial charge in [-0.3, -0.25) is 4.79 Å². The van der Waals surface area contributed by atoms with Gasteiger partial charge in [0.1, 0.15) is 12.2 Å². The first-order valence-corrected chi connectivity index (χ1v) is 6.49. The van der Waals surface area contributed by atoms with Crippen LogP contribution >= 0.6 is 0 Å². The molecule has 1 fully saturated rings. The Morgan fingerprint density at radius 2 is 2.11 bits per heavy atom. The lowest BCUT2D eigenvalue weighted by Crippen LogP contribution is -2.30. The van der Waals surface area contributed by atoms with Crippen LogP contribution in [0.25, 0.3) is 11.3 Å². The standard InChI is InChI=1S/C14H16N4O/c1-10-14(11-5-3-2-4-6-11)16-17-18(10)9-13(19)15-12-7-8-12/h2-6,12H,7-9H2,1H3,(H,15,19). The summed E-state index contributed by atoms with van der Waals surface area (Å²) in [6.45, 7) is 2.18. The molecule has 0 radical (unpaired) electrons. The van der Waals surface area contributed by atoms with Crippen molar-refractivity contribution in [2.75, 3.05) is 0 Å². The van der Waals surface area contributed by atoms with Crippen molar-refractivity contribution in [2.24, 2.45) is 0 Å². The highest BCUT2D eigenvalue weighted by Crippen LogP contribution is 2.20. The van der Waals surface area contributed by atoms with Gasteiger partial charge in [0.15, 0.2) is 0 Å². The number of nitrogens with one attached hydrogen (secondary N) is 1. The van der Waals surface area contributed by atoms with Crippen LogP contribution in [-0.2, 0) is 11.3 Å². The summed E-state index contributed by atoms with van der Waals surface area (Å²) in [6, 6.07) is 10.3. The monoisotopic (exact) mass is 256 g/mol. The second-order valence-electron chi connectivity index (χ2n) is 4.89. The number of benzene rings is 1. The lowest BCUT2D eigenvalue weighted by Gasteiger charge is -2.05. The lowest BCUT2D eigenvalue weighted by atomic mass is 10.1. The second kappa shape index (κ2) is 4.84. The molecule has 19 heavy (non-hydrogen) atoms. The van der Waals surface area contributed by atoms with Crippen molar-refractivity contribution in [3.05, 3.63) is 36.0 Å². The molecule has 0 saturated heterocycles. The van der Waals surface area contributed by atoms with Crippen molar-refractivity contribution in [1.82, 2.24) is 20.3 Å². The molecule has 3 rings (SSSR count). The minimum Gasteiger partial charge on any atom is -0.352 e. The van der Waals surface area contributed by atoms with Crippen LogP contribution in [0.1, 0.15) is 18.5 Å². The highest BCUT2D eigenvalue weighted by molar-refractivity contribution is 5.76. The molecule has 0 unspecified atom stereocenters. The Balaban J connectivity index is 1.76. The largest absolute Gasteiger partial charge is 0.352 e. The van der Waals surface area contributed by atoms with Crippen LogP contribution in [-0.4, -0.2) is 26.9 Å². The van der Waals surface area contributed by atoms with Gasteiger partial charge in [-0.05, 0) is 19.8 Å². The molecule has 1 heterocycles. The quantitative estimate of drug-likeness (QED) is 0.902. The van der Waals surface area contributed by atoms with Gasteiger partial charge >= 0.3 is 0 Å². The van der Waals surface area contributed by atoms with Crippen LogP contribution in [0.2, 0.25) is 0 Å². The number of carbonyl (C=O) groups excluding carboxylic acids is 1. The SMILES string of the molecule is Cc1c(-c2ccccc2)nnn1CC(=O)NC1CC1. The smallest absolute Gasteiger partial charge is 0.242 e. The van der Waals surface area contributed by atoms with Gasteiger partial charge in [0.2, 0.25) is 5.91 Å². The summed E-state index contributed by atoms with van der Waals surface area (Å²) < 4.78 is 1.65. The van der Waals surface area contributed by atoms with E-state index in [9.17, 15) is 4.79 Å². The molecule has 0 atom stereocenters. The van der Waals surface area contributed by atoms with E-state index in [0.29, 0.717) is 6.04 Å². The third kappa shape index (κ3) is 2.65. The van der Waals surface area contributed by atoms with E-state index in [1.807, 2.05) is 37.3 Å². The molecule has 0 bridgehead atoms. The Morgan fingerprint density at radius 3 is 2.79 bits per heavy atom. The van der Waals surface area contributed by atoms with Crippen molar-refractivity contribution in [3.8, 4) is 11.3 Å². The molecule has 0 aliphatic heterocycles. The first-order chi connectivity index (χ1) is 9.24. The Morgan fingerprint density at radius 1 is 1.37 bits per heavy atom. The maximum absolute atomic E-state index is 11.8. The number of aromatic nitrogens is 3. The van der Waals surface area contributed by atoms with Crippen LogP contribution < -0.4 is 5.32 Å². The van der Waals surface area contributed by atoms with E-state index in [4.69, 9.17) is 0 Å². The summed E-state index contributed by atoms with van der Waals surface area (Å²) in [5.41, 5.74) is 2.77. The Kier molecular flexibility index (Phi) is 3.03. The number of hydrogen-bond acceptors (Lipinski definition) is 3. The lowest BCUT2D eigenvalue weighted by molar-refractivity contribution is -0.122. The minimum atomic E-state index is 0.00936. The van der Waals surface area contributed by atoms with Crippen molar-refractivity contribution in [2.45, 2.75) is 32.4 Å². The van der Waals surface area contributed by atoms with Crippen molar-refractivity contribution in [3.63, 3.8) is 0 Å². The molecule has 5 heteroatoms. The van der Waals surface area contributed by atoms with E-state index in [2.05, 4.69) is 15.6 Å². The fourth-order valence-electron chi connectivity index (χ4n) is 2.01. The topological polar surface area (TPSA) is 59.8 Å². The molecule has 1 aromatic heterocycles. The highest BCUT2D eigenvalue weighted by Gasteiger charge is 2.23. The van der Waals surface area contributed by atoms with Crippen molar-refractivity contribution in [1.29, 1.82) is 0 Å². The number of hydrogen-bond donors (Lipinski definition) is 1. The second-order valence-corrected chi connectivity index (χ2v) is 4.89. The van der Waals surface area contributed by atoms with Gasteiger partial charge in [0.25, 0.3) is 0 Å². The number of rotatable bonds is 4. The molecule has 2 aromatic rings. The van der Waals surface area contributed by atoms with Crippen molar-refractivity contribution < 1.29 is 4.79 Å². The molecule has 1 aromatic carbocycles. The first-order valence-electron chi connectivity index (χ1n) is 6.49.